The van der Waals surface area contributed by atoms with Gasteiger partial charge in [0.05, 0.1) is 0 Å². The van der Waals surface area contributed by atoms with Crippen LogP contribution in [0, 0.1) is 5.92 Å². The van der Waals surface area contributed by atoms with Crippen LogP contribution < -0.4 is 5.32 Å². The zero-order valence-corrected chi connectivity index (χ0v) is 12.2. The number of hydrogen-bond acceptors (Lipinski definition) is 3. The Morgan fingerprint density at radius 3 is 3.05 bits per heavy atom. The van der Waals surface area contributed by atoms with Gasteiger partial charge in [-0.3, -0.25) is 9.59 Å². The van der Waals surface area contributed by atoms with E-state index >= 15 is 0 Å². The predicted octanol–water partition coefficient (Wildman–Crippen LogP) is 1.72. The number of carbonyl (C=O) groups excluding carboxylic acids is 2. The Labute approximate surface area is 123 Å². The molecule has 1 atom stereocenters. The van der Waals surface area contributed by atoms with Gasteiger partial charge in [-0.1, -0.05) is 18.5 Å². The summed E-state index contributed by atoms with van der Waals surface area (Å²) in [5.41, 5.74) is 0.495. The van der Waals surface area contributed by atoms with Gasteiger partial charge < -0.3 is 10.2 Å². The molecule has 108 valence electrons. The summed E-state index contributed by atoms with van der Waals surface area (Å²) in [4.78, 5) is 29.1. The fourth-order valence-corrected chi connectivity index (χ4v) is 2.42. The first-order valence-corrected chi connectivity index (χ1v) is 7.11. The van der Waals surface area contributed by atoms with Crippen molar-refractivity contribution in [3.8, 4) is 0 Å². The van der Waals surface area contributed by atoms with Crippen LogP contribution in [0.1, 0.15) is 30.1 Å². The van der Waals surface area contributed by atoms with Crippen LogP contribution in [0.15, 0.2) is 18.3 Å². The van der Waals surface area contributed by atoms with Crippen LogP contribution in [0.2, 0.25) is 5.15 Å². The summed E-state index contributed by atoms with van der Waals surface area (Å²) in [6, 6.07) is 3.15. The van der Waals surface area contributed by atoms with Crippen LogP contribution in [0.25, 0.3) is 0 Å². The SMILES string of the molecule is CC(CNC(=O)c1ccnc(Cl)c1)CN1CCCC1=O. The Morgan fingerprint density at radius 1 is 1.60 bits per heavy atom. The molecule has 1 aromatic rings. The number of nitrogens with one attached hydrogen (secondary N) is 1. The summed E-state index contributed by atoms with van der Waals surface area (Å²) in [6.07, 6.45) is 3.09. The van der Waals surface area contributed by atoms with Crippen molar-refractivity contribution < 1.29 is 9.59 Å². The molecule has 1 unspecified atom stereocenters. The number of amides is 2. The van der Waals surface area contributed by atoms with Gasteiger partial charge in [0.1, 0.15) is 5.15 Å². The van der Waals surface area contributed by atoms with Gasteiger partial charge in [0.15, 0.2) is 0 Å². The molecule has 1 aliphatic heterocycles. The van der Waals surface area contributed by atoms with Gasteiger partial charge in [0.2, 0.25) is 5.91 Å². The van der Waals surface area contributed by atoms with Gasteiger partial charge in [0.25, 0.3) is 5.91 Å². The van der Waals surface area contributed by atoms with Gasteiger partial charge in [-0.2, -0.15) is 0 Å². The van der Waals surface area contributed by atoms with E-state index in [0.29, 0.717) is 30.2 Å². The number of pyridine rings is 1. The Kier molecular flexibility index (Phi) is 4.95. The molecule has 2 amide bonds. The minimum atomic E-state index is -0.172. The van der Waals surface area contributed by atoms with Crippen molar-refractivity contribution in [2.75, 3.05) is 19.6 Å². The first kappa shape index (κ1) is 14.8. The molecule has 0 radical (unpaired) electrons. The summed E-state index contributed by atoms with van der Waals surface area (Å²) in [5.74, 6) is 0.260. The number of likely N-dealkylation sites (tertiary alicyclic amines) is 1. The zero-order valence-electron chi connectivity index (χ0n) is 11.4. The van der Waals surface area contributed by atoms with E-state index in [1.165, 1.54) is 12.3 Å². The molecule has 2 heterocycles. The van der Waals surface area contributed by atoms with Crippen molar-refractivity contribution in [1.29, 1.82) is 0 Å². The van der Waals surface area contributed by atoms with Crippen LogP contribution in [-0.2, 0) is 4.79 Å². The van der Waals surface area contributed by atoms with E-state index in [2.05, 4.69) is 10.3 Å². The third-order valence-electron chi connectivity index (χ3n) is 3.30. The summed E-state index contributed by atoms with van der Waals surface area (Å²) in [6.45, 7) is 4.07. The topological polar surface area (TPSA) is 62.3 Å². The largest absolute Gasteiger partial charge is 0.352 e. The molecule has 0 aromatic carbocycles. The summed E-state index contributed by atoms with van der Waals surface area (Å²) < 4.78 is 0. The van der Waals surface area contributed by atoms with Gasteiger partial charge >= 0.3 is 0 Å². The average molecular weight is 296 g/mol. The molecule has 2 rings (SSSR count). The predicted molar refractivity (Wildman–Crippen MR) is 76.6 cm³/mol. The summed E-state index contributed by atoms with van der Waals surface area (Å²) >= 11 is 5.75. The lowest BCUT2D eigenvalue weighted by Gasteiger charge is -2.21. The van der Waals surface area contributed by atoms with Crippen molar-refractivity contribution in [3.63, 3.8) is 0 Å². The van der Waals surface area contributed by atoms with Gasteiger partial charge in [0, 0.05) is 37.8 Å². The van der Waals surface area contributed by atoms with E-state index in [1.54, 1.807) is 6.07 Å². The number of rotatable bonds is 5. The third kappa shape index (κ3) is 3.93. The molecule has 0 spiro atoms. The van der Waals surface area contributed by atoms with Crippen molar-refractivity contribution in [2.24, 2.45) is 5.92 Å². The maximum atomic E-state index is 11.9. The molecular weight excluding hydrogens is 278 g/mol. The maximum Gasteiger partial charge on any atom is 0.251 e. The molecule has 5 nitrogen and oxygen atoms in total. The van der Waals surface area contributed by atoms with E-state index in [4.69, 9.17) is 11.6 Å². The molecule has 20 heavy (non-hydrogen) atoms. The Balaban J connectivity index is 1.79. The molecule has 1 saturated heterocycles. The molecule has 1 N–H and O–H groups in total. The highest BCUT2D eigenvalue weighted by Crippen LogP contribution is 2.12. The number of aromatic nitrogens is 1. The number of hydrogen-bond donors (Lipinski definition) is 1. The quantitative estimate of drug-likeness (QED) is 0.842. The third-order valence-corrected chi connectivity index (χ3v) is 3.51. The molecule has 0 aliphatic carbocycles. The highest BCUT2D eigenvalue weighted by atomic mass is 35.5. The van der Waals surface area contributed by atoms with Crippen LogP contribution in [-0.4, -0.2) is 41.3 Å². The lowest BCUT2D eigenvalue weighted by molar-refractivity contribution is -0.128. The second-order valence-corrected chi connectivity index (χ2v) is 5.51. The van der Waals surface area contributed by atoms with Crippen LogP contribution >= 0.6 is 11.6 Å². The van der Waals surface area contributed by atoms with Gasteiger partial charge in [-0.15, -0.1) is 0 Å². The highest BCUT2D eigenvalue weighted by molar-refractivity contribution is 6.29. The lowest BCUT2D eigenvalue weighted by atomic mass is 10.1. The summed E-state index contributed by atoms with van der Waals surface area (Å²) in [7, 11) is 0. The second kappa shape index (κ2) is 6.70. The van der Waals surface area contributed by atoms with Crippen molar-refractivity contribution in [3.05, 3.63) is 29.0 Å². The molecule has 1 aliphatic rings. The van der Waals surface area contributed by atoms with Crippen LogP contribution in [0.5, 0.6) is 0 Å². The van der Waals surface area contributed by atoms with E-state index in [0.717, 1.165) is 13.0 Å². The minimum absolute atomic E-state index is 0.172. The van der Waals surface area contributed by atoms with Crippen LogP contribution in [0.3, 0.4) is 0 Å². The van der Waals surface area contributed by atoms with E-state index in [-0.39, 0.29) is 17.7 Å². The van der Waals surface area contributed by atoms with Crippen molar-refractivity contribution in [1.82, 2.24) is 15.2 Å². The standard InChI is InChI=1S/C14H18ClN3O2/c1-10(9-18-6-2-3-13(18)19)8-17-14(20)11-4-5-16-12(15)7-11/h4-5,7,10H,2-3,6,8-9H2,1H3,(H,17,20). The molecule has 1 aromatic heterocycles. The smallest absolute Gasteiger partial charge is 0.251 e. The van der Waals surface area contributed by atoms with Crippen molar-refractivity contribution in [2.45, 2.75) is 19.8 Å². The van der Waals surface area contributed by atoms with E-state index in [9.17, 15) is 9.59 Å². The van der Waals surface area contributed by atoms with Gasteiger partial charge in [-0.25, -0.2) is 4.98 Å². The zero-order chi connectivity index (χ0) is 14.5. The minimum Gasteiger partial charge on any atom is -0.352 e. The Hall–Kier alpha value is -1.62. The first-order chi connectivity index (χ1) is 9.56. The number of halogens is 1. The van der Waals surface area contributed by atoms with E-state index in [1.807, 2.05) is 11.8 Å². The monoisotopic (exact) mass is 295 g/mol. The highest BCUT2D eigenvalue weighted by Gasteiger charge is 2.21. The molecule has 0 bridgehead atoms. The average Bonchev–Trinajstić information content (AvgIpc) is 2.81. The summed E-state index contributed by atoms with van der Waals surface area (Å²) in [5, 5.41) is 3.15. The van der Waals surface area contributed by atoms with Crippen LogP contribution in [0.4, 0.5) is 0 Å². The second-order valence-electron chi connectivity index (χ2n) is 5.13. The number of carbonyl (C=O) groups is 2. The fourth-order valence-electron chi connectivity index (χ4n) is 2.25. The normalized spacial score (nSPS) is 16.3. The maximum absolute atomic E-state index is 11.9. The first-order valence-electron chi connectivity index (χ1n) is 6.74. The molecule has 0 saturated carbocycles. The Bertz CT molecular complexity index is 507. The fraction of sp³-hybridized carbons (Fsp3) is 0.500. The number of nitrogens with zero attached hydrogens (tertiary/aromatic N) is 2. The molecular formula is C14H18ClN3O2. The van der Waals surface area contributed by atoms with Gasteiger partial charge in [-0.05, 0) is 24.5 Å². The lowest BCUT2D eigenvalue weighted by Crippen LogP contribution is -2.36. The van der Waals surface area contributed by atoms with Crippen molar-refractivity contribution >= 4 is 23.4 Å². The Morgan fingerprint density at radius 2 is 2.40 bits per heavy atom. The molecule has 6 heteroatoms. The van der Waals surface area contributed by atoms with E-state index < -0.39 is 0 Å². The molecule has 1 fully saturated rings.